The van der Waals surface area contributed by atoms with Crippen LogP contribution in [0.3, 0.4) is 0 Å². The molecule has 2 aromatic rings. The molecule has 0 aromatic heterocycles. The second-order valence-corrected chi connectivity index (χ2v) is 6.77. The number of rotatable bonds is 4. The first-order valence-corrected chi connectivity index (χ1v) is 8.98. The van der Waals surface area contributed by atoms with Crippen LogP contribution in [0.25, 0.3) is 0 Å². The van der Waals surface area contributed by atoms with Crippen LogP contribution in [-0.2, 0) is 11.3 Å². The Morgan fingerprint density at radius 2 is 1.96 bits per heavy atom. The highest BCUT2D eigenvalue weighted by Crippen LogP contribution is 2.31. The first-order chi connectivity index (χ1) is 12.1. The van der Waals surface area contributed by atoms with E-state index in [0.29, 0.717) is 0 Å². The number of nitrogens with one attached hydrogen (secondary N) is 1. The van der Waals surface area contributed by atoms with Gasteiger partial charge in [-0.25, -0.2) is 4.39 Å². The zero-order valence-corrected chi connectivity index (χ0v) is 14.7. The maximum absolute atomic E-state index is 13.7. The average Bonchev–Trinajstić information content (AvgIpc) is 2.82. The Balaban J connectivity index is 1.76. The molecule has 4 heteroatoms. The molecule has 25 heavy (non-hydrogen) atoms. The molecule has 3 rings (SSSR count). The minimum Gasteiger partial charge on any atom is -0.326 e. The lowest BCUT2D eigenvalue weighted by molar-refractivity contribution is -0.114. The fraction of sp³-hybridized carbons (Fsp3) is 0.381. The molecule has 0 spiro atoms. The number of likely N-dealkylation sites (tertiary alicyclic amines) is 1. The molecule has 1 heterocycles. The monoisotopic (exact) mass is 340 g/mol. The van der Waals surface area contributed by atoms with Crippen LogP contribution in [0, 0.1) is 5.82 Å². The van der Waals surface area contributed by atoms with Crippen molar-refractivity contribution in [1.82, 2.24) is 4.90 Å². The van der Waals surface area contributed by atoms with E-state index < -0.39 is 0 Å². The summed E-state index contributed by atoms with van der Waals surface area (Å²) in [5, 5.41) is 2.79. The Morgan fingerprint density at radius 1 is 1.16 bits per heavy atom. The zero-order valence-electron chi connectivity index (χ0n) is 14.7. The van der Waals surface area contributed by atoms with Gasteiger partial charge in [0.15, 0.2) is 0 Å². The number of hydrogen-bond donors (Lipinski definition) is 1. The Kier molecular flexibility index (Phi) is 5.82. The molecule has 1 unspecified atom stereocenters. The summed E-state index contributed by atoms with van der Waals surface area (Å²) in [5.41, 5.74) is 3.09. The number of carbonyl (C=O) groups excluding carboxylic acids is 1. The summed E-state index contributed by atoms with van der Waals surface area (Å²) in [4.78, 5) is 13.6. The molecule has 1 atom stereocenters. The highest BCUT2D eigenvalue weighted by atomic mass is 19.1. The molecule has 3 nitrogen and oxygen atoms in total. The van der Waals surface area contributed by atoms with Crippen LogP contribution in [0.2, 0.25) is 0 Å². The first-order valence-electron chi connectivity index (χ1n) is 8.98. The average molecular weight is 340 g/mol. The molecule has 1 fully saturated rings. The molecule has 0 bridgehead atoms. The number of carbonyl (C=O) groups is 1. The smallest absolute Gasteiger partial charge is 0.221 e. The van der Waals surface area contributed by atoms with Crippen molar-refractivity contribution >= 4 is 11.6 Å². The van der Waals surface area contributed by atoms with Crippen LogP contribution >= 0.6 is 0 Å². The number of anilines is 1. The van der Waals surface area contributed by atoms with Gasteiger partial charge in [0.1, 0.15) is 5.82 Å². The summed E-state index contributed by atoms with van der Waals surface area (Å²) < 4.78 is 13.7. The first kappa shape index (κ1) is 17.6. The van der Waals surface area contributed by atoms with E-state index in [4.69, 9.17) is 0 Å². The molecular weight excluding hydrogens is 315 g/mol. The topological polar surface area (TPSA) is 32.3 Å². The van der Waals surface area contributed by atoms with Gasteiger partial charge in [-0.05, 0) is 54.8 Å². The molecular formula is C21H25FN2O. The number of hydrogen-bond acceptors (Lipinski definition) is 2. The Morgan fingerprint density at radius 3 is 2.68 bits per heavy atom. The number of halogens is 1. The number of benzene rings is 2. The third-order valence-corrected chi connectivity index (χ3v) is 4.76. The molecule has 2 aromatic carbocycles. The Bertz CT molecular complexity index is 714. The summed E-state index contributed by atoms with van der Waals surface area (Å²) in [6.45, 7) is 3.37. The van der Waals surface area contributed by atoms with Crippen LogP contribution in [0.5, 0.6) is 0 Å². The second-order valence-electron chi connectivity index (χ2n) is 6.77. The summed E-state index contributed by atoms with van der Waals surface area (Å²) in [6.07, 6.45) is 4.64. The Hall–Kier alpha value is -2.20. The van der Waals surface area contributed by atoms with Crippen molar-refractivity contribution in [2.75, 3.05) is 11.9 Å². The maximum Gasteiger partial charge on any atom is 0.221 e. The second kappa shape index (κ2) is 8.26. The number of nitrogens with zero attached hydrogens (tertiary/aromatic N) is 1. The van der Waals surface area contributed by atoms with E-state index in [0.717, 1.165) is 30.8 Å². The van der Waals surface area contributed by atoms with Gasteiger partial charge in [0.2, 0.25) is 5.91 Å². The van der Waals surface area contributed by atoms with Crippen molar-refractivity contribution in [3.05, 3.63) is 65.5 Å². The van der Waals surface area contributed by atoms with Crippen molar-refractivity contribution in [3.63, 3.8) is 0 Å². The predicted molar refractivity (Wildman–Crippen MR) is 98.8 cm³/mol. The van der Waals surface area contributed by atoms with Crippen molar-refractivity contribution < 1.29 is 9.18 Å². The van der Waals surface area contributed by atoms with Crippen LogP contribution < -0.4 is 5.32 Å². The molecule has 1 N–H and O–H groups in total. The van der Waals surface area contributed by atoms with Crippen molar-refractivity contribution in [3.8, 4) is 0 Å². The molecule has 0 saturated carbocycles. The van der Waals surface area contributed by atoms with Gasteiger partial charge in [-0.1, -0.05) is 37.1 Å². The lowest BCUT2D eigenvalue weighted by atomic mass is 10.00. The molecule has 0 radical (unpaired) electrons. The van der Waals surface area contributed by atoms with Crippen molar-refractivity contribution in [1.29, 1.82) is 0 Å². The highest BCUT2D eigenvalue weighted by molar-refractivity contribution is 5.88. The fourth-order valence-electron chi connectivity index (χ4n) is 3.58. The van der Waals surface area contributed by atoms with Crippen LogP contribution in [-0.4, -0.2) is 17.4 Å². The van der Waals surface area contributed by atoms with Crippen LogP contribution in [0.1, 0.15) is 49.8 Å². The lowest BCUT2D eigenvalue weighted by Gasteiger charge is -2.30. The molecule has 0 aliphatic carbocycles. The molecule has 1 amide bonds. The van der Waals surface area contributed by atoms with E-state index in [1.165, 1.54) is 37.8 Å². The van der Waals surface area contributed by atoms with E-state index in [1.807, 2.05) is 18.2 Å². The SMILES string of the molecule is CC(=O)Nc1ccc(CN2CCCCCC2c2cccc(F)c2)cc1. The largest absolute Gasteiger partial charge is 0.326 e. The third-order valence-electron chi connectivity index (χ3n) is 4.76. The van der Waals surface area contributed by atoms with E-state index in [2.05, 4.69) is 22.3 Å². The van der Waals surface area contributed by atoms with E-state index in [9.17, 15) is 9.18 Å². The molecule has 1 aliphatic heterocycles. The van der Waals surface area contributed by atoms with Gasteiger partial charge in [-0.15, -0.1) is 0 Å². The fourth-order valence-corrected chi connectivity index (χ4v) is 3.58. The molecule has 1 saturated heterocycles. The Labute approximate surface area is 148 Å². The van der Waals surface area contributed by atoms with E-state index in [1.54, 1.807) is 12.1 Å². The van der Waals surface area contributed by atoms with Crippen molar-refractivity contribution in [2.45, 2.75) is 45.2 Å². The van der Waals surface area contributed by atoms with E-state index in [-0.39, 0.29) is 17.8 Å². The van der Waals surface area contributed by atoms with Crippen LogP contribution in [0.15, 0.2) is 48.5 Å². The quantitative estimate of drug-likeness (QED) is 0.858. The number of amides is 1. The summed E-state index contributed by atoms with van der Waals surface area (Å²) in [7, 11) is 0. The summed E-state index contributed by atoms with van der Waals surface area (Å²) in [5.74, 6) is -0.229. The lowest BCUT2D eigenvalue weighted by Crippen LogP contribution is -2.28. The minimum absolute atomic E-state index is 0.0635. The highest BCUT2D eigenvalue weighted by Gasteiger charge is 2.23. The predicted octanol–water partition coefficient (Wildman–Crippen LogP) is 4.90. The van der Waals surface area contributed by atoms with Gasteiger partial charge in [0.25, 0.3) is 0 Å². The normalized spacial score (nSPS) is 18.6. The minimum atomic E-state index is -0.165. The van der Waals surface area contributed by atoms with Gasteiger partial charge in [0.05, 0.1) is 0 Å². The summed E-state index contributed by atoms with van der Waals surface area (Å²) >= 11 is 0. The van der Waals surface area contributed by atoms with Gasteiger partial charge in [-0.2, -0.15) is 0 Å². The standard InChI is InChI=1S/C21H25FN2O/c1-16(25)23-20-11-9-17(10-12-20)15-24-13-4-2-3-8-21(24)18-6-5-7-19(22)14-18/h5-7,9-12,14,21H,2-4,8,13,15H2,1H3,(H,23,25). The third kappa shape index (κ3) is 4.89. The van der Waals surface area contributed by atoms with Gasteiger partial charge >= 0.3 is 0 Å². The molecule has 1 aliphatic rings. The molecule has 132 valence electrons. The van der Waals surface area contributed by atoms with Gasteiger partial charge in [0, 0.05) is 25.2 Å². The summed E-state index contributed by atoms with van der Waals surface area (Å²) in [6, 6.07) is 15.2. The maximum atomic E-state index is 13.7. The zero-order chi connectivity index (χ0) is 17.6. The van der Waals surface area contributed by atoms with Crippen LogP contribution in [0.4, 0.5) is 10.1 Å². The van der Waals surface area contributed by atoms with Gasteiger partial charge in [-0.3, -0.25) is 9.69 Å². The van der Waals surface area contributed by atoms with Crippen molar-refractivity contribution in [2.24, 2.45) is 0 Å². The van der Waals surface area contributed by atoms with E-state index >= 15 is 0 Å². The van der Waals surface area contributed by atoms with Gasteiger partial charge < -0.3 is 5.32 Å².